The SMILES string of the molecule is CCOc1ccc2c(c1)C1CC1(C(=O)N1C3COCC1COC3)Cn1c-2c(C2CCCCC2)c2ccc(C(=O)NS(=O)(=O)C3CCCC3)cc21. The Hall–Kier alpha value is -3.41. The van der Waals surface area contributed by atoms with Gasteiger partial charge in [-0.1, -0.05) is 38.2 Å². The summed E-state index contributed by atoms with van der Waals surface area (Å²) in [4.78, 5) is 30.8. The predicted molar refractivity (Wildman–Crippen MR) is 189 cm³/mol. The Balaban J connectivity index is 1.21. The van der Waals surface area contributed by atoms with E-state index in [1.807, 2.05) is 25.1 Å². The van der Waals surface area contributed by atoms with Gasteiger partial charge in [0.15, 0.2) is 0 Å². The van der Waals surface area contributed by atoms with E-state index in [2.05, 4.69) is 26.3 Å². The molecule has 2 unspecified atom stereocenters. The standard InChI is InChI=1S/C39H47N3O7S/c1-2-49-28-13-15-30-32(17-28)33-18-39(33,38(44)42-26-19-47-21-27(42)22-48-20-26)23-41-34-16-25(37(43)40-50(45,46)29-10-6-7-11-29)12-14-31(34)35(36(30)41)24-8-4-3-5-9-24/h12-17,24,26-27,29,33H,2-11,18-23H2,1H3,(H,40,43). The first kappa shape index (κ1) is 32.5. The van der Waals surface area contributed by atoms with Crippen LogP contribution in [0.1, 0.15) is 104 Å². The van der Waals surface area contributed by atoms with E-state index in [1.165, 1.54) is 24.8 Å². The Morgan fingerprint density at radius 3 is 2.32 bits per heavy atom. The fraction of sp³-hybridized carbons (Fsp3) is 0.590. The lowest BCUT2D eigenvalue weighted by Crippen LogP contribution is -2.63. The first-order valence-electron chi connectivity index (χ1n) is 18.8. The zero-order valence-corrected chi connectivity index (χ0v) is 29.6. The van der Waals surface area contributed by atoms with Gasteiger partial charge in [-0.05, 0) is 86.4 Å². The molecule has 0 spiro atoms. The summed E-state index contributed by atoms with van der Waals surface area (Å²) in [7, 11) is -3.78. The summed E-state index contributed by atoms with van der Waals surface area (Å²) >= 11 is 0. The van der Waals surface area contributed by atoms with Gasteiger partial charge in [0.05, 0.1) is 61.5 Å². The topological polar surface area (TPSA) is 116 Å². The normalized spacial score (nSPS) is 28.0. The van der Waals surface area contributed by atoms with Crippen LogP contribution in [0.2, 0.25) is 0 Å². The molecule has 3 aliphatic heterocycles. The molecule has 2 amide bonds. The predicted octanol–water partition coefficient (Wildman–Crippen LogP) is 5.87. The van der Waals surface area contributed by atoms with Crippen molar-refractivity contribution in [2.24, 2.45) is 5.41 Å². The molecule has 10 nitrogen and oxygen atoms in total. The second-order valence-corrected chi connectivity index (χ2v) is 17.4. The summed E-state index contributed by atoms with van der Waals surface area (Å²) in [5.74, 6) is 0.734. The van der Waals surface area contributed by atoms with Gasteiger partial charge >= 0.3 is 0 Å². The molecule has 2 aromatic carbocycles. The molecule has 1 aromatic heterocycles. The fourth-order valence-electron chi connectivity index (χ4n) is 10.0. The van der Waals surface area contributed by atoms with Crippen LogP contribution in [0.3, 0.4) is 0 Å². The highest BCUT2D eigenvalue weighted by atomic mass is 32.2. The summed E-state index contributed by atoms with van der Waals surface area (Å²) in [5.41, 5.74) is 5.23. The summed E-state index contributed by atoms with van der Waals surface area (Å²) < 4.78 is 48.9. The quantitative estimate of drug-likeness (QED) is 0.328. The van der Waals surface area contributed by atoms with E-state index in [-0.39, 0.29) is 23.9 Å². The van der Waals surface area contributed by atoms with Crippen molar-refractivity contribution in [2.75, 3.05) is 33.0 Å². The number of amides is 2. The second kappa shape index (κ2) is 12.4. The summed E-state index contributed by atoms with van der Waals surface area (Å²) in [6, 6.07) is 11.8. The molecule has 1 N–H and O–H groups in total. The maximum atomic E-state index is 15.1. The minimum atomic E-state index is -3.78. The monoisotopic (exact) mass is 701 g/mol. The van der Waals surface area contributed by atoms with Crippen LogP contribution in [0.15, 0.2) is 36.4 Å². The molecule has 6 aliphatic rings. The summed E-state index contributed by atoms with van der Waals surface area (Å²) in [6.45, 7) is 4.91. The van der Waals surface area contributed by atoms with Crippen molar-refractivity contribution in [1.29, 1.82) is 0 Å². The highest BCUT2D eigenvalue weighted by Gasteiger charge is 2.65. The van der Waals surface area contributed by atoms with Crippen LogP contribution in [0.4, 0.5) is 0 Å². The Bertz CT molecular complexity index is 1940. The molecular weight excluding hydrogens is 655 g/mol. The second-order valence-electron chi connectivity index (χ2n) is 15.5. The van der Waals surface area contributed by atoms with E-state index < -0.39 is 26.6 Å². The number of rotatable bonds is 7. The fourth-order valence-corrected chi connectivity index (χ4v) is 11.5. The van der Waals surface area contributed by atoms with Crippen LogP contribution in [-0.4, -0.2) is 80.1 Å². The number of carbonyl (C=O) groups excluding carboxylic acids is 2. The smallest absolute Gasteiger partial charge is 0.264 e. The third kappa shape index (κ3) is 5.20. The van der Waals surface area contributed by atoms with E-state index in [9.17, 15) is 13.2 Å². The number of sulfonamides is 1. The Labute approximate surface area is 293 Å². The molecule has 4 heterocycles. The highest BCUT2D eigenvalue weighted by molar-refractivity contribution is 7.90. The lowest BCUT2D eigenvalue weighted by atomic mass is 9.81. The molecule has 266 valence electrons. The number of nitrogens with one attached hydrogen (secondary N) is 1. The third-order valence-electron chi connectivity index (χ3n) is 12.5. The van der Waals surface area contributed by atoms with Crippen molar-refractivity contribution in [2.45, 2.75) is 107 Å². The Morgan fingerprint density at radius 2 is 1.62 bits per heavy atom. The first-order chi connectivity index (χ1) is 24.3. The number of morpholine rings is 2. The first-order valence-corrected chi connectivity index (χ1v) is 20.3. The third-order valence-corrected chi connectivity index (χ3v) is 14.3. The largest absolute Gasteiger partial charge is 0.494 e. The van der Waals surface area contributed by atoms with E-state index >= 15 is 4.79 Å². The molecular formula is C39H47N3O7S. The average Bonchev–Trinajstić information content (AvgIpc) is 3.43. The van der Waals surface area contributed by atoms with Crippen LogP contribution in [0, 0.1) is 5.41 Å². The van der Waals surface area contributed by atoms with Crippen molar-refractivity contribution < 1.29 is 32.2 Å². The van der Waals surface area contributed by atoms with E-state index in [0.717, 1.165) is 65.6 Å². The lowest BCUT2D eigenvalue weighted by molar-refractivity contribution is -0.173. The summed E-state index contributed by atoms with van der Waals surface area (Å²) in [6.07, 6.45) is 9.34. The molecule has 9 rings (SSSR count). The van der Waals surface area contributed by atoms with Gasteiger partial charge in [-0.25, -0.2) is 13.1 Å². The zero-order valence-electron chi connectivity index (χ0n) is 28.8. The molecule has 3 saturated carbocycles. The van der Waals surface area contributed by atoms with Crippen LogP contribution in [0.5, 0.6) is 5.75 Å². The number of ether oxygens (including phenoxy) is 3. The number of fused-ring (bicyclic) bond motifs is 9. The number of aromatic nitrogens is 1. The van der Waals surface area contributed by atoms with Gasteiger partial charge in [-0.2, -0.15) is 0 Å². The highest BCUT2D eigenvalue weighted by Crippen LogP contribution is 2.66. The average molecular weight is 702 g/mol. The maximum absolute atomic E-state index is 15.1. The van der Waals surface area contributed by atoms with E-state index in [4.69, 9.17) is 14.2 Å². The van der Waals surface area contributed by atoms with Crippen LogP contribution in [0.25, 0.3) is 22.2 Å². The van der Waals surface area contributed by atoms with Crippen molar-refractivity contribution in [1.82, 2.24) is 14.2 Å². The van der Waals surface area contributed by atoms with Gasteiger partial charge in [-0.3, -0.25) is 9.59 Å². The molecule has 50 heavy (non-hydrogen) atoms. The van der Waals surface area contributed by atoms with Crippen molar-refractivity contribution in [3.63, 3.8) is 0 Å². The van der Waals surface area contributed by atoms with E-state index in [0.29, 0.717) is 63.9 Å². The van der Waals surface area contributed by atoms with Crippen molar-refractivity contribution in [3.05, 3.63) is 53.1 Å². The van der Waals surface area contributed by atoms with Gasteiger partial charge in [0.1, 0.15) is 5.75 Å². The van der Waals surface area contributed by atoms with Crippen LogP contribution < -0.4 is 9.46 Å². The minimum absolute atomic E-state index is 0.0205. The van der Waals surface area contributed by atoms with Crippen LogP contribution in [-0.2, 0) is 30.8 Å². The van der Waals surface area contributed by atoms with E-state index in [1.54, 1.807) is 6.07 Å². The van der Waals surface area contributed by atoms with Gasteiger partial charge in [-0.15, -0.1) is 0 Å². The number of carbonyl (C=O) groups is 2. The molecule has 5 fully saturated rings. The molecule has 0 radical (unpaired) electrons. The van der Waals surface area contributed by atoms with Gasteiger partial charge < -0.3 is 23.7 Å². The van der Waals surface area contributed by atoms with Gasteiger partial charge in [0.2, 0.25) is 15.9 Å². The number of benzene rings is 2. The van der Waals surface area contributed by atoms with Crippen molar-refractivity contribution in [3.8, 4) is 17.0 Å². The van der Waals surface area contributed by atoms with Crippen molar-refractivity contribution >= 4 is 32.7 Å². The number of nitrogens with zero attached hydrogens (tertiary/aromatic N) is 2. The molecule has 11 heteroatoms. The zero-order chi connectivity index (χ0) is 34.2. The Morgan fingerprint density at radius 1 is 0.920 bits per heavy atom. The van der Waals surface area contributed by atoms with Gasteiger partial charge in [0, 0.05) is 34.5 Å². The molecule has 3 aliphatic carbocycles. The molecule has 2 atom stereocenters. The maximum Gasteiger partial charge on any atom is 0.264 e. The Kier molecular flexibility index (Phi) is 8.04. The molecule has 3 aromatic rings. The minimum Gasteiger partial charge on any atom is -0.494 e. The van der Waals surface area contributed by atoms with Gasteiger partial charge in [0.25, 0.3) is 5.91 Å². The lowest BCUT2D eigenvalue weighted by Gasteiger charge is -2.47. The number of hydrogen-bond acceptors (Lipinski definition) is 7. The molecule has 2 saturated heterocycles. The van der Waals surface area contributed by atoms with Crippen LogP contribution >= 0.6 is 0 Å². The molecule has 2 bridgehead atoms. The summed E-state index contributed by atoms with van der Waals surface area (Å²) in [5, 5.41) is 0.554. The number of hydrogen-bond donors (Lipinski definition) is 1.